The molecule has 1 N–H and O–H groups in total. The van der Waals surface area contributed by atoms with Gasteiger partial charge in [0.2, 0.25) is 5.91 Å². The number of rotatable bonds is 2. The highest BCUT2D eigenvalue weighted by molar-refractivity contribution is 5.91. The van der Waals surface area contributed by atoms with Gasteiger partial charge < -0.3 is 14.6 Å². The van der Waals surface area contributed by atoms with Crippen molar-refractivity contribution in [2.24, 2.45) is 23.2 Å². The second-order valence-corrected chi connectivity index (χ2v) is 8.06. The minimum Gasteiger partial charge on any atom is -0.481 e. The first-order valence-electron chi connectivity index (χ1n) is 8.52. The number of carbonyl (C=O) groups excluding carboxylic acids is 1. The third-order valence-corrected chi connectivity index (χ3v) is 6.15. The van der Waals surface area contributed by atoms with E-state index in [0.717, 1.165) is 12.1 Å². The van der Waals surface area contributed by atoms with Gasteiger partial charge in [-0.2, -0.15) is 0 Å². The largest absolute Gasteiger partial charge is 0.481 e. The number of hydrogen-bond acceptors (Lipinski definition) is 3. The Kier molecular flexibility index (Phi) is 3.18. The van der Waals surface area contributed by atoms with Crippen LogP contribution in [0.5, 0.6) is 0 Å². The van der Waals surface area contributed by atoms with Gasteiger partial charge >= 0.3 is 5.97 Å². The van der Waals surface area contributed by atoms with E-state index in [4.69, 9.17) is 0 Å². The molecule has 2 aliphatic heterocycles. The maximum Gasteiger partial charge on any atom is 0.307 e. The Hall–Kier alpha value is -2.11. The predicted octanol–water partition coefficient (Wildman–Crippen LogP) is 1.15. The molecule has 1 amide bonds. The second-order valence-electron chi connectivity index (χ2n) is 8.06. The fourth-order valence-corrected chi connectivity index (χ4v) is 4.83. The first-order chi connectivity index (χ1) is 11.3. The third kappa shape index (κ3) is 2.12. The standard InChI is InChI=1S/C18H22N2O4/c1-18(2)14(15(18)17(23)24)16(22)19-7-10-6-11(9-19)12-4-3-5-13(21)20(12)8-10/h3-5,10-11,14-15H,6-9H2,1-2H3,(H,23,24). The Morgan fingerprint density at radius 3 is 2.58 bits per heavy atom. The van der Waals surface area contributed by atoms with Gasteiger partial charge in [-0.05, 0) is 23.8 Å². The van der Waals surface area contributed by atoms with Crippen LogP contribution in [0.25, 0.3) is 0 Å². The molecule has 4 unspecified atom stereocenters. The Labute approximate surface area is 140 Å². The van der Waals surface area contributed by atoms with Crippen LogP contribution in [0.4, 0.5) is 0 Å². The number of nitrogens with zero attached hydrogens (tertiary/aromatic N) is 2. The van der Waals surface area contributed by atoms with Crippen LogP contribution in [0.3, 0.4) is 0 Å². The lowest BCUT2D eigenvalue weighted by Crippen LogP contribution is -2.49. The van der Waals surface area contributed by atoms with Gasteiger partial charge in [-0.25, -0.2) is 0 Å². The maximum absolute atomic E-state index is 12.9. The van der Waals surface area contributed by atoms with Crippen LogP contribution in [0, 0.1) is 23.2 Å². The zero-order valence-electron chi connectivity index (χ0n) is 13.9. The third-order valence-electron chi connectivity index (χ3n) is 6.15. The van der Waals surface area contributed by atoms with Gasteiger partial charge in [0.1, 0.15) is 0 Å². The van der Waals surface area contributed by atoms with Crippen LogP contribution in [0.1, 0.15) is 31.9 Å². The number of likely N-dealkylation sites (tertiary alicyclic amines) is 1. The molecular formula is C18H22N2O4. The van der Waals surface area contributed by atoms with Crippen LogP contribution in [-0.4, -0.2) is 39.5 Å². The number of hydrogen-bond donors (Lipinski definition) is 1. The number of carboxylic acid groups (broad SMARTS) is 1. The highest BCUT2D eigenvalue weighted by Crippen LogP contribution is 2.59. The van der Waals surface area contributed by atoms with E-state index in [2.05, 4.69) is 0 Å². The van der Waals surface area contributed by atoms with E-state index in [1.165, 1.54) is 0 Å². The normalized spacial score (nSPS) is 32.8. The molecule has 2 bridgehead atoms. The number of pyridine rings is 1. The molecule has 0 spiro atoms. The van der Waals surface area contributed by atoms with Crippen molar-refractivity contribution >= 4 is 11.9 Å². The van der Waals surface area contributed by atoms with Crippen molar-refractivity contribution < 1.29 is 14.7 Å². The zero-order chi connectivity index (χ0) is 17.2. The van der Waals surface area contributed by atoms with Gasteiger partial charge in [0.15, 0.2) is 0 Å². The molecule has 1 aliphatic carbocycles. The molecule has 6 nitrogen and oxygen atoms in total. The summed E-state index contributed by atoms with van der Waals surface area (Å²) in [6, 6.07) is 5.33. The molecule has 6 heteroatoms. The summed E-state index contributed by atoms with van der Waals surface area (Å²) in [5, 5.41) is 9.32. The monoisotopic (exact) mass is 330 g/mol. The summed E-state index contributed by atoms with van der Waals surface area (Å²) in [6.07, 6.45) is 0.990. The smallest absolute Gasteiger partial charge is 0.307 e. The van der Waals surface area contributed by atoms with Crippen molar-refractivity contribution in [2.75, 3.05) is 13.1 Å². The van der Waals surface area contributed by atoms with E-state index in [9.17, 15) is 19.5 Å². The zero-order valence-corrected chi connectivity index (χ0v) is 13.9. The lowest BCUT2D eigenvalue weighted by molar-refractivity contribution is -0.142. The quantitative estimate of drug-likeness (QED) is 0.882. The van der Waals surface area contributed by atoms with Crippen molar-refractivity contribution in [1.82, 2.24) is 9.47 Å². The predicted molar refractivity (Wildman–Crippen MR) is 86.5 cm³/mol. The summed E-state index contributed by atoms with van der Waals surface area (Å²) in [4.78, 5) is 38.1. The van der Waals surface area contributed by atoms with Crippen LogP contribution in [0.2, 0.25) is 0 Å². The Morgan fingerprint density at radius 1 is 1.17 bits per heavy atom. The number of piperidine rings is 1. The summed E-state index contributed by atoms with van der Waals surface area (Å²) in [5.41, 5.74) is 0.557. The molecule has 2 fully saturated rings. The van der Waals surface area contributed by atoms with Gasteiger partial charge in [0.25, 0.3) is 5.56 Å². The lowest BCUT2D eigenvalue weighted by atomic mass is 9.83. The molecule has 3 heterocycles. The molecule has 0 aromatic carbocycles. The topological polar surface area (TPSA) is 79.6 Å². The molecule has 1 saturated carbocycles. The molecule has 24 heavy (non-hydrogen) atoms. The maximum atomic E-state index is 12.9. The van der Waals surface area contributed by atoms with E-state index in [0.29, 0.717) is 19.6 Å². The van der Waals surface area contributed by atoms with E-state index in [1.54, 1.807) is 12.1 Å². The lowest BCUT2D eigenvalue weighted by Gasteiger charge is -2.43. The average molecular weight is 330 g/mol. The van der Waals surface area contributed by atoms with Gasteiger partial charge in [-0.1, -0.05) is 19.9 Å². The molecule has 1 aromatic heterocycles. The van der Waals surface area contributed by atoms with E-state index >= 15 is 0 Å². The molecule has 1 saturated heterocycles. The molecule has 4 atom stereocenters. The summed E-state index contributed by atoms with van der Waals surface area (Å²) in [6.45, 7) is 5.56. The second kappa shape index (κ2) is 4.94. The molecule has 1 aromatic rings. The van der Waals surface area contributed by atoms with Crippen LogP contribution < -0.4 is 5.56 Å². The van der Waals surface area contributed by atoms with Gasteiger partial charge in [0.05, 0.1) is 11.8 Å². The molecule has 128 valence electrons. The number of aliphatic carboxylic acids is 1. The first kappa shape index (κ1) is 15.4. The van der Waals surface area contributed by atoms with Crippen LogP contribution in [-0.2, 0) is 16.1 Å². The summed E-state index contributed by atoms with van der Waals surface area (Å²) in [7, 11) is 0. The molecule has 0 radical (unpaired) electrons. The highest BCUT2D eigenvalue weighted by atomic mass is 16.4. The Bertz CT molecular complexity index is 781. The number of aromatic nitrogens is 1. The minimum absolute atomic E-state index is 0.0243. The van der Waals surface area contributed by atoms with Gasteiger partial charge in [0, 0.05) is 37.3 Å². The SMILES string of the molecule is CC1(C)C(C(=O)O)C1C(=O)N1CC2CC(C1)c1cccc(=O)n1C2. The van der Waals surface area contributed by atoms with Crippen molar-refractivity contribution in [3.8, 4) is 0 Å². The number of fused-ring (bicyclic) bond motifs is 4. The first-order valence-corrected chi connectivity index (χ1v) is 8.52. The van der Waals surface area contributed by atoms with Crippen LogP contribution >= 0.6 is 0 Å². The number of carbonyl (C=O) groups is 2. The van der Waals surface area contributed by atoms with Gasteiger partial charge in [-0.15, -0.1) is 0 Å². The number of carboxylic acids is 1. The van der Waals surface area contributed by atoms with Crippen molar-refractivity contribution in [1.29, 1.82) is 0 Å². The average Bonchev–Trinajstić information content (AvgIpc) is 3.10. The Morgan fingerprint density at radius 2 is 1.92 bits per heavy atom. The van der Waals surface area contributed by atoms with Gasteiger partial charge in [-0.3, -0.25) is 14.4 Å². The van der Waals surface area contributed by atoms with Crippen molar-refractivity contribution in [3.05, 3.63) is 34.2 Å². The highest BCUT2D eigenvalue weighted by Gasteiger charge is 2.66. The van der Waals surface area contributed by atoms with Crippen molar-refractivity contribution in [3.63, 3.8) is 0 Å². The summed E-state index contributed by atoms with van der Waals surface area (Å²) >= 11 is 0. The number of amides is 1. The summed E-state index contributed by atoms with van der Waals surface area (Å²) in [5.74, 6) is -1.49. The fraction of sp³-hybridized carbons (Fsp3) is 0.611. The minimum atomic E-state index is -0.882. The van der Waals surface area contributed by atoms with E-state index < -0.39 is 23.2 Å². The van der Waals surface area contributed by atoms with E-state index in [-0.39, 0.29) is 23.3 Å². The molecule has 4 rings (SSSR count). The summed E-state index contributed by atoms with van der Waals surface area (Å²) < 4.78 is 1.84. The molecule has 3 aliphatic rings. The Balaban J connectivity index is 1.58. The van der Waals surface area contributed by atoms with Crippen LogP contribution in [0.15, 0.2) is 23.0 Å². The molecular weight excluding hydrogens is 308 g/mol. The van der Waals surface area contributed by atoms with Crippen molar-refractivity contribution in [2.45, 2.75) is 32.7 Å². The fourth-order valence-electron chi connectivity index (χ4n) is 4.83. The van der Waals surface area contributed by atoms with E-state index in [1.807, 2.05) is 29.4 Å².